The van der Waals surface area contributed by atoms with Gasteiger partial charge >= 0.3 is 5.71 Å². The minimum Gasteiger partial charge on any atom is -0.360 e. The lowest BCUT2D eigenvalue weighted by molar-refractivity contribution is -0.132. The van der Waals surface area contributed by atoms with Gasteiger partial charge in [-0.2, -0.15) is 4.79 Å². The highest BCUT2D eigenvalue weighted by atomic mass is 16.2. The summed E-state index contributed by atoms with van der Waals surface area (Å²) in [4.78, 5) is 25.9. The largest absolute Gasteiger partial charge is 0.400 e. The SMILES string of the molecule is [N-]=[N+]=C1C(=O)C[C@@H]2CCCC[C@H]2C1=O. The fraction of sp³-hybridized carbons (Fsp3) is 0.700. The van der Waals surface area contributed by atoms with Gasteiger partial charge in [-0.25, -0.2) is 0 Å². The van der Waals surface area contributed by atoms with E-state index in [-0.39, 0.29) is 29.1 Å². The summed E-state index contributed by atoms with van der Waals surface area (Å²) >= 11 is 0. The fourth-order valence-corrected chi connectivity index (χ4v) is 2.55. The van der Waals surface area contributed by atoms with E-state index in [2.05, 4.69) is 4.79 Å². The van der Waals surface area contributed by atoms with Crippen LogP contribution in [0.3, 0.4) is 0 Å². The summed E-state index contributed by atoms with van der Waals surface area (Å²) in [5.74, 6) is -0.393. The molecule has 0 radical (unpaired) electrons. The van der Waals surface area contributed by atoms with Gasteiger partial charge in [-0.05, 0) is 18.8 Å². The van der Waals surface area contributed by atoms with Gasteiger partial charge in [0.15, 0.2) is 0 Å². The van der Waals surface area contributed by atoms with Crippen molar-refractivity contribution < 1.29 is 14.4 Å². The Labute approximate surface area is 81.9 Å². The Morgan fingerprint density at radius 3 is 2.64 bits per heavy atom. The maximum atomic E-state index is 11.7. The van der Waals surface area contributed by atoms with Crippen molar-refractivity contribution in [3.63, 3.8) is 0 Å². The fourth-order valence-electron chi connectivity index (χ4n) is 2.55. The van der Waals surface area contributed by atoms with Crippen molar-refractivity contribution in [1.82, 2.24) is 0 Å². The Morgan fingerprint density at radius 1 is 1.21 bits per heavy atom. The molecule has 0 aliphatic heterocycles. The van der Waals surface area contributed by atoms with E-state index in [1.54, 1.807) is 0 Å². The van der Waals surface area contributed by atoms with Crippen molar-refractivity contribution in [2.45, 2.75) is 32.1 Å². The molecule has 2 aliphatic rings. The normalized spacial score (nSPS) is 32.4. The first-order valence-electron chi connectivity index (χ1n) is 5.03. The molecule has 0 amide bonds. The molecule has 14 heavy (non-hydrogen) atoms. The van der Waals surface area contributed by atoms with E-state index in [1.165, 1.54) is 0 Å². The van der Waals surface area contributed by atoms with Crippen LogP contribution in [0, 0.1) is 11.8 Å². The average molecular weight is 192 g/mol. The highest BCUT2D eigenvalue weighted by Gasteiger charge is 2.46. The molecular weight excluding hydrogens is 180 g/mol. The second-order valence-corrected chi connectivity index (χ2v) is 4.09. The van der Waals surface area contributed by atoms with Crippen molar-refractivity contribution >= 4 is 17.3 Å². The van der Waals surface area contributed by atoms with Gasteiger partial charge in [0, 0.05) is 12.3 Å². The predicted molar refractivity (Wildman–Crippen MR) is 48.7 cm³/mol. The third kappa shape index (κ3) is 1.32. The Bertz CT molecular complexity index is 342. The van der Waals surface area contributed by atoms with Crippen LogP contribution in [0.4, 0.5) is 0 Å². The molecule has 0 spiro atoms. The van der Waals surface area contributed by atoms with Crippen LogP contribution in [0.5, 0.6) is 0 Å². The summed E-state index contributed by atoms with van der Waals surface area (Å²) in [6.45, 7) is 0. The number of rotatable bonds is 0. The van der Waals surface area contributed by atoms with Crippen molar-refractivity contribution in [1.29, 1.82) is 0 Å². The van der Waals surface area contributed by atoms with Crippen molar-refractivity contribution in [3.8, 4) is 0 Å². The summed E-state index contributed by atoms with van der Waals surface area (Å²) in [7, 11) is 0. The van der Waals surface area contributed by atoms with E-state index in [9.17, 15) is 9.59 Å². The molecule has 2 atom stereocenters. The topological polar surface area (TPSA) is 70.5 Å². The van der Waals surface area contributed by atoms with E-state index in [0.717, 1.165) is 25.7 Å². The van der Waals surface area contributed by atoms with E-state index >= 15 is 0 Å². The molecule has 0 unspecified atom stereocenters. The number of fused-ring (bicyclic) bond motifs is 1. The molecule has 0 heterocycles. The van der Waals surface area contributed by atoms with Gasteiger partial charge in [-0.1, -0.05) is 12.8 Å². The van der Waals surface area contributed by atoms with Gasteiger partial charge in [0.2, 0.25) is 5.78 Å². The number of hydrogen-bond acceptors (Lipinski definition) is 2. The van der Waals surface area contributed by atoms with Gasteiger partial charge < -0.3 is 5.53 Å². The Hall–Kier alpha value is -1.28. The van der Waals surface area contributed by atoms with Crippen LogP contribution in [-0.4, -0.2) is 22.1 Å². The monoisotopic (exact) mass is 192 g/mol. The van der Waals surface area contributed by atoms with Gasteiger partial charge in [0.1, 0.15) is 0 Å². The molecule has 0 aromatic heterocycles. The molecule has 0 aromatic carbocycles. The highest BCUT2D eigenvalue weighted by molar-refractivity contribution is 6.65. The summed E-state index contributed by atoms with van der Waals surface area (Å²) in [6, 6.07) is 0. The summed E-state index contributed by atoms with van der Waals surface area (Å²) in [6.07, 6.45) is 4.33. The molecule has 2 saturated carbocycles. The van der Waals surface area contributed by atoms with Crippen LogP contribution in [0.1, 0.15) is 32.1 Å². The molecule has 4 nitrogen and oxygen atoms in total. The maximum absolute atomic E-state index is 11.7. The van der Waals surface area contributed by atoms with Crippen molar-refractivity contribution in [2.24, 2.45) is 11.8 Å². The average Bonchev–Trinajstić information content (AvgIpc) is 2.18. The number of carbonyl (C=O) groups is 2. The lowest BCUT2D eigenvalue weighted by atomic mass is 9.69. The molecule has 0 aromatic rings. The minimum atomic E-state index is -0.291. The molecule has 74 valence electrons. The lowest BCUT2D eigenvalue weighted by Gasteiger charge is -2.31. The summed E-state index contributed by atoms with van der Waals surface area (Å²) in [5.41, 5.74) is 8.34. The van der Waals surface area contributed by atoms with Crippen molar-refractivity contribution in [3.05, 3.63) is 5.53 Å². The quantitative estimate of drug-likeness (QED) is 0.424. The molecule has 0 bridgehead atoms. The first-order valence-corrected chi connectivity index (χ1v) is 5.03. The summed E-state index contributed by atoms with van der Waals surface area (Å²) in [5, 5.41) is 0. The maximum Gasteiger partial charge on any atom is 0.400 e. The number of carbonyl (C=O) groups excluding carboxylic acids is 2. The van der Waals surface area contributed by atoms with Crippen LogP contribution in [-0.2, 0) is 9.59 Å². The summed E-state index contributed by atoms with van der Waals surface area (Å²) < 4.78 is 0. The Morgan fingerprint density at radius 2 is 1.93 bits per heavy atom. The zero-order valence-corrected chi connectivity index (χ0v) is 7.90. The molecule has 2 rings (SSSR count). The Balaban J connectivity index is 2.29. The second kappa shape index (κ2) is 3.46. The molecule has 2 fully saturated rings. The number of nitrogens with zero attached hydrogens (tertiary/aromatic N) is 2. The lowest BCUT2D eigenvalue weighted by Crippen LogP contribution is -2.43. The molecule has 4 heteroatoms. The van der Waals surface area contributed by atoms with Crippen LogP contribution < -0.4 is 0 Å². The number of hydrogen-bond donors (Lipinski definition) is 0. The van der Waals surface area contributed by atoms with Crippen LogP contribution in [0.15, 0.2) is 0 Å². The first-order chi connectivity index (χ1) is 6.74. The molecular formula is C10H12N2O2. The zero-order chi connectivity index (χ0) is 10.1. The van der Waals surface area contributed by atoms with Crippen LogP contribution in [0.2, 0.25) is 0 Å². The third-order valence-electron chi connectivity index (χ3n) is 3.29. The van der Waals surface area contributed by atoms with Gasteiger partial charge in [0.25, 0.3) is 5.78 Å². The molecule has 2 aliphatic carbocycles. The minimum absolute atomic E-state index is 0.0626. The van der Waals surface area contributed by atoms with Gasteiger partial charge in [-0.15, -0.1) is 0 Å². The third-order valence-corrected chi connectivity index (χ3v) is 3.29. The molecule has 0 saturated heterocycles. The van der Waals surface area contributed by atoms with E-state index in [4.69, 9.17) is 5.53 Å². The smallest absolute Gasteiger partial charge is 0.360 e. The first kappa shape index (κ1) is 9.28. The van der Waals surface area contributed by atoms with Crippen LogP contribution >= 0.6 is 0 Å². The van der Waals surface area contributed by atoms with Gasteiger partial charge in [-0.3, -0.25) is 9.59 Å². The second-order valence-electron chi connectivity index (χ2n) is 4.09. The standard InChI is InChI=1S/C10H12N2O2/c11-12-9-8(13)5-6-3-1-2-4-7(6)10(9)14/h6-7H,1-5H2/t6-,7+/m0/s1. The van der Waals surface area contributed by atoms with Crippen LogP contribution in [0.25, 0.3) is 5.53 Å². The zero-order valence-electron chi connectivity index (χ0n) is 7.90. The Kier molecular flexibility index (Phi) is 2.30. The van der Waals surface area contributed by atoms with E-state index < -0.39 is 0 Å². The number of Topliss-reactive ketones (excluding diaryl/α,β-unsaturated/α-hetero) is 2. The van der Waals surface area contributed by atoms with Crippen molar-refractivity contribution in [2.75, 3.05) is 0 Å². The number of ketones is 2. The highest BCUT2D eigenvalue weighted by Crippen LogP contribution is 2.36. The van der Waals surface area contributed by atoms with E-state index in [1.807, 2.05) is 0 Å². The van der Waals surface area contributed by atoms with E-state index in [0.29, 0.717) is 6.42 Å². The van der Waals surface area contributed by atoms with Gasteiger partial charge in [0.05, 0.1) is 0 Å². The molecule has 0 N–H and O–H groups in total. The predicted octanol–water partition coefficient (Wildman–Crippen LogP) is 1.01.